The number of benzene rings is 2. The highest BCUT2D eigenvalue weighted by Crippen LogP contribution is 2.35. The number of hydrogen-bond acceptors (Lipinski definition) is 8. The number of aromatic nitrogens is 4. The molecule has 5 aromatic rings. The van der Waals surface area contributed by atoms with E-state index in [9.17, 15) is 14.4 Å². The van der Waals surface area contributed by atoms with Crippen LogP contribution in [0, 0.1) is 0 Å². The van der Waals surface area contributed by atoms with E-state index >= 15 is 0 Å². The number of nitrogens with zero attached hydrogens (tertiary/aromatic N) is 4. The monoisotopic (exact) mass is 545 g/mol. The first-order valence-corrected chi connectivity index (χ1v) is 13.6. The van der Waals surface area contributed by atoms with Crippen LogP contribution in [-0.2, 0) is 16.1 Å². The van der Waals surface area contributed by atoms with Crippen molar-refractivity contribution in [3.63, 3.8) is 0 Å². The molecule has 1 amide bonds. The van der Waals surface area contributed by atoms with Crippen LogP contribution in [-0.4, -0.2) is 43.4 Å². The van der Waals surface area contributed by atoms with Crippen molar-refractivity contribution in [3.8, 4) is 10.4 Å². The van der Waals surface area contributed by atoms with Crippen molar-refractivity contribution in [1.29, 1.82) is 0 Å². The third-order valence-corrected chi connectivity index (χ3v) is 7.74. The summed E-state index contributed by atoms with van der Waals surface area (Å²) in [6, 6.07) is 18.6. The molecule has 2 aromatic carbocycles. The third kappa shape index (κ3) is 4.85. The topological polar surface area (TPSA) is 108 Å². The van der Waals surface area contributed by atoms with Gasteiger partial charge in [-0.1, -0.05) is 60.3 Å². The second-order valence-electron chi connectivity index (χ2n) is 8.12. The maximum Gasteiger partial charge on any atom is 0.350 e. The molecule has 0 saturated heterocycles. The molecule has 0 aliphatic carbocycles. The number of anilines is 1. The predicted molar refractivity (Wildman–Crippen MR) is 150 cm³/mol. The Morgan fingerprint density at radius 3 is 2.66 bits per heavy atom. The van der Waals surface area contributed by atoms with E-state index in [1.807, 2.05) is 42.5 Å². The van der Waals surface area contributed by atoms with E-state index < -0.39 is 5.97 Å². The van der Waals surface area contributed by atoms with Crippen LogP contribution in [0.4, 0.5) is 5.69 Å². The summed E-state index contributed by atoms with van der Waals surface area (Å²) in [5, 5.41) is 12.3. The van der Waals surface area contributed by atoms with Gasteiger partial charge in [0.2, 0.25) is 11.7 Å². The number of rotatable bonds is 9. The molecule has 0 atom stereocenters. The van der Waals surface area contributed by atoms with Crippen LogP contribution in [0.5, 0.6) is 0 Å². The molecule has 5 rings (SSSR count). The molecule has 3 aromatic heterocycles. The molecule has 0 aliphatic heterocycles. The van der Waals surface area contributed by atoms with Gasteiger partial charge in [0.05, 0.1) is 29.0 Å². The Bertz CT molecular complexity index is 1720. The van der Waals surface area contributed by atoms with Crippen molar-refractivity contribution < 1.29 is 14.3 Å². The number of thioether (sulfide) groups is 1. The Balaban J connectivity index is 1.42. The summed E-state index contributed by atoms with van der Waals surface area (Å²) in [7, 11) is 0. The minimum atomic E-state index is -0.488. The van der Waals surface area contributed by atoms with Gasteiger partial charge in [0.15, 0.2) is 5.16 Å². The summed E-state index contributed by atoms with van der Waals surface area (Å²) in [6.45, 7) is 5.97. The number of carbonyl (C=O) groups is 2. The van der Waals surface area contributed by atoms with Crippen LogP contribution in [0.1, 0.15) is 16.6 Å². The Labute approximate surface area is 225 Å². The normalized spacial score (nSPS) is 11.1. The van der Waals surface area contributed by atoms with Gasteiger partial charge in [-0.15, -0.1) is 28.1 Å². The second-order valence-corrected chi connectivity index (χ2v) is 10.1. The summed E-state index contributed by atoms with van der Waals surface area (Å²) in [4.78, 5) is 39.7. The Morgan fingerprint density at radius 1 is 1.13 bits per heavy atom. The molecule has 0 saturated carbocycles. The number of hydrogen-bond donors (Lipinski definition) is 1. The molecular weight excluding hydrogens is 522 g/mol. The molecule has 9 nitrogen and oxygen atoms in total. The van der Waals surface area contributed by atoms with Gasteiger partial charge in [0, 0.05) is 11.4 Å². The second kappa shape index (κ2) is 11.0. The summed E-state index contributed by atoms with van der Waals surface area (Å²) < 4.78 is 8.47. The zero-order chi connectivity index (χ0) is 26.6. The van der Waals surface area contributed by atoms with Crippen LogP contribution < -0.4 is 10.9 Å². The molecule has 11 heteroatoms. The van der Waals surface area contributed by atoms with E-state index in [-0.39, 0.29) is 30.4 Å². The van der Waals surface area contributed by atoms with Gasteiger partial charge in [-0.2, -0.15) is 0 Å². The Hall–Kier alpha value is -4.22. The highest BCUT2D eigenvalue weighted by Gasteiger charge is 2.21. The van der Waals surface area contributed by atoms with Gasteiger partial charge >= 0.3 is 5.97 Å². The van der Waals surface area contributed by atoms with Crippen molar-refractivity contribution in [2.24, 2.45) is 0 Å². The first-order valence-electron chi connectivity index (χ1n) is 11.8. The third-order valence-electron chi connectivity index (χ3n) is 5.65. The Kier molecular flexibility index (Phi) is 7.38. The van der Waals surface area contributed by atoms with Crippen LogP contribution in [0.15, 0.2) is 83.3 Å². The minimum Gasteiger partial charge on any atom is -0.462 e. The fourth-order valence-corrected chi connectivity index (χ4v) is 5.77. The number of thiophene rings is 1. The molecule has 192 valence electrons. The summed E-state index contributed by atoms with van der Waals surface area (Å²) >= 11 is 2.45. The van der Waals surface area contributed by atoms with Crippen molar-refractivity contribution in [3.05, 3.63) is 88.5 Å². The van der Waals surface area contributed by atoms with E-state index in [2.05, 4.69) is 22.1 Å². The minimum absolute atomic E-state index is 0.00842. The molecule has 0 fully saturated rings. The van der Waals surface area contributed by atoms with Crippen molar-refractivity contribution in [1.82, 2.24) is 19.2 Å². The van der Waals surface area contributed by atoms with E-state index in [0.717, 1.165) is 10.4 Å². The molecule has 0 aliphatic rings. The first-order chi connectivity index (χ1) is 18.5. The van der Waals surface area contributed by atoms with Gasteiger partial charge in [-0.3, -0.25) is 18.6 Å². The lowest BCUT2D eigenvalue weighted by Gasteiger charge is -2.09. The summed E-state index contributed by atoms with van der Waals surface area (Å²) in [6.07, 6.45) is 1.62. The van der Waals surface area contributed by atoms with E-state index in [0.29, 0.717) is 32.4 Å². The quantitative estimate of drug-likeness (QED) is 0.160. The van der Waals surface area contributed by atoms with Gasteiger partial charge in [0.25, 0.3) is 5.56 Å². The predicted octanol–water partition coefficient (Wildman–Crippen LogP) is 4.87. The lowest BCUT2D eigenvalue weighted by molar-refractivity contribution is -0.113. The highest BCUT2D eigenvalue weighted by molar-refractivity contribution is 7.99. The van der Waals surface area contributed by atoms with E-state index in [4.69, 9.17) is 4.74 Å². The van der Waals surface area contributed by atoms with Gasteiger partial charge in [-0.25, -0.2) is 4.79 Å². The van der Waals surface area contributed by atoms with E-state index in [1.165, 1.54) is 27.7 Å². The smallest absolute Gasteiger partial charge is 0.350 e. The molecule has 1 N–H and O–H groups in total. The maximum absolute atomic E-state index is 13.0. The van der Waals surface area contributed by atoms with Crippen molar-refractivity contribution in [2.45, 2.75) is 18.6 Å². The zero-order valence-corrected chi connectivity index (χ0v) is 22.1. The number of nitrogens with one attached hydrogen (secondary N) is 1. The number of para-hydroxylation sites is 1. The summed E-state index contributed by atoms with van der Waals surface area (Å²) in [5.74, 6) is -0.434. The molecule has 38 heavy (non-hydrogen) atoms. The maximum atomic E-state index is 13.0. The van der Waals surface area contributed by atoms with Crippen LogP contribution in [0.25, 0.3) is 27.1 Å². The summed E-state index contributed by atoms with van der Waals surface area (Å²) in [5.41, 5.74) is 1.79. The lowest BCUT2D eigenvalue weighted by Crippen LogP contribution is -2.22. The number of allylic oxidation sites excluding steroid dienone is 1. The number of fused-ring (bicyclic) bond motifs is 3. The molecule has 0 radical (unpaired) electrons. The van der Waals surface area contributed by atoms with E-state index in [1.54, 1.807) is 35.6 Å². The largest absolute Gasteiger partial charge is 0.462 e. The van der Waals surface area contributed by atoms with Gasteiger partial charge < -0.3 is 10.1 Å². The fraction of sp³-hybridized carbons (Fsp3) is 0.148. The average Bonchev–Trinajstić information content (AvgIpc) is 3.55. The first kappa shape index (κ1) is 25.4. The highest BCUT2D eigenvalue weighted by atomic mass is 32.2. The number of esters is 1. The number of ether oxygens (including phenoxy) is 1. The van der Waals surface area contributed by atoms with Crippen LogP contribution >= 0.6 is 23.1 Å². The van der Waals surface area contributed by atoms with Crippen molar-refractivity contribution >= 4 is 57.3 Å². The van der Waals surface area contributed by atoms with Crippen LogP contribution in [0.3, 0.4) is 0 Å². The standard InChI is InChI=1S/C27H23N5O4S2/c1-3-14-31-24(34)18-12-8-9-13-20(18)32-26(31)29-30-27(32)37-16-22(33)28-19-15-21(17-10-6-5-7-11-17)38-23(19)25(35)36-4-2/h3,5-13,15H,1,4,14,16H2,2H3,(H,28,33). The Morgan fingerprint density at radius 2 is 1.89 bits per heavy atom. The molecule has 0 bridgehead atoms. The lowest BCUT2D eigenvalue weighted by atomic mass is 10.2. The molecular formula is C27H23N5O4S2. The fourth-order valence-electron chi connectivity index (χ4n) is 4.01. The van der Waals surface area contributed by atoms with Gasteiger partial charge in [-0.05, 0) is 30.7 Å². The molecule has 3 heterocycles. The SMILES string of the molecule is C=CCn1c(=O)c2ccccc2n2c(SCC(=O)Nc3cc(-c4ccccc4)sc3C(=O)OCC)nnc12. The number of carbonyl (C=O) groups excluding carboxylic acids is 2. The molecule has 0 unspecified atom stereocenters. The zero-order valence-electron chi connectivity index (χ0n) is 20.4. The van der Waals surface area contributed by atoms with Crippen LogP contribution in [0.2, 0.25) is 0 Å². The number of amides is 1. The molecule has 0 spiro atoms. The average molecular weight is 546 g/mol. The van der Waals surface area contributed by atoms with Crippen molar-refractivity contribution in [2.75, 3.05) is 17.7 Å². The van der Waals surface area contributed by atoms with Gasteiger partial charge in [0.1, 0.15) is 4.88 Å².